The minimum absolute atomic E-state index is 0.567. The quantitative estimate of drug-likeness (QED) is 0.202. The van der Waals surface area contributed by atoms with Crippen LogP contribution in [-0.4, -0.2) is 14.2 Å². The van der Waals surface area contributed by atoms with Crippen LogP contribution in [0.3, 0.4) is 0 Å². The Labute approximate surface area is 238 Å². The van der Waals surface area contributed by atoms with Gasteiger partial charge in [0.1, 0.15) is 17.3 Å². The fraction of sp³-hybridized carbons (Fsp3) is 0.0556. The maximum Gasteiger partial charge on any atom is 0.308 e. The molecule has 7 rings (SSSR count). The van der Waals surface area contributed by atoms with E-state index in [1.807, 2.05) is 109 Å². The molecule has 0 aliphatic carbocycles. The molecule has 1 aliphatic heterocycles. The minimum atomic E-state index is -3.67. The topological polar surface area (TPSA) is 44.8 Å². The van der Waals surface area contributed by atoms with Crippen molar-refractivity contribution in [3.05, 3.63) is 144 Å². The molecule has 0 amide bonds. The van der Waals surface area contributed by atoms with Crippen LogP contribution in [0, 0.1) is 0 Å². The summed E-state index contributed by atoms with van der Waals surface area (Å²) in [6.07, 6.45) is 0. The minimum Gasteiger partial charge on any atom is -0.497 e. The molecule has 5 heteroatoms. The van der Waals surface area contributed by atoms with Crippen LogP contribution < -0.4 is 20.1 Å². The summed E-state index contributed by atoms with van der Waals surface area (Å²) in [5.41, 5.74) is 3.53. The third-order valence-corrected chi connectivity index (χ3v) is 10.3. The van der Waals surface area contributed by atoms with Crippen LogP contribution in [0.15, 0.2) is 127 Å². The summed E-state index contributed by atoms with van der Waals surface area (Å²) in [7, 11) is -0.376. The first kappa shape index (κ1) is 25.2. The number of hydrogen-bond acceptors (Lipinski definition) is 4. The van der Waals surface area contributed by atoms with E-state index in [1.165, 1.54) is 0 Å². The highest BCUT2D eigenvalue weighted by molar-refractivity contribution is 7.75. The van der Waals surface area contributed by atoms with Crippen molar-refractivity contribution in [2.75, 3.05) is 14.2 Å². The summed E-state index contributed by atoms with van der Waals surface area (Å²) in [5.74, 6) is 2.06. The molecule has 0 aromatic heterocycles. The smallest absolute Gasteiger partial charge is 0.308 e. The Bertz CT molecular complexity index is 2000. The number of ether oxygens (including phenoxy) is 2. The molecule has 0 saturated carbocycles. The van der Waals surface area contributed by atoms with Crippen molar-refractivity contribution in [3.63, 3.8) is 0 Å². The maximum absolute atomic E-state index is 15.8. The van der Waals surface area contributed by atoms with Crippen LogP contribution in [0.2, 0.25) is 0 Å². The van der Waals surface area contributed by atoms with Crippen molar-refractivity contribution in [1.29, 1.82) is 0 Å². The Morgan fingerprint density at radius 2 is 1.12 bits per heavy atom. The number of benzene rings is 6. The van der Waals surface area contributed by atoms with Gasteiger partial charge in [0.25, 0.3) is 0 Å². The van der Waals surface area contributed by atoms with Crippen LogP contribution in [0.5, 0.6) is 11.5 Å². The first-order valence-electron chi connectivity index (χ1n) is 13.4. The second-order valence-corrected chi connectivity index (χ2v) is 12.2. The molecule has 0 radical (unpaired) electrons. The van der Waals surface area contributed by atoms with E-state index in [9.17, 15) is 0 Å². The average Bonchev–Trinajstić information content (AvgIpc) is 3.04. The van der Waals surface area contributed by atoms with E-state index < -0.39 is 7.37 Å². The molecular weight excluding hydrogens is 527 g/mol. The molecule has 0 saturated heterocycles. The fourth-order valence-corrected chi connectivity index (χ4v) is 8.45. The van der Waals surface area contributed by atoms with Gasteiger partial charge in [-0.05, 0) is 69.6 Å². The van der Waals surface area contributed by atoms with Gasteiger partial charge in [0.05, 0.1) is 24.8 Å². The molecule has 41 heavy (non-hydrogen) atoms. The molecule has 0 bridgehead atoms. The van der Waals surface area contributed by atoms with Gasteiger partial charge in [-0.25, -0.2) is 0 Å². The SMILES string of the molecule is COc1ccc(C2=C(c3ccc(OC)cc3)c3ccc4ccccc4c3P(=O)(c3cccc4ccccc34)O2)cc1. The van der Waals surface area contributed by atoms with Gasteiger partial charge >= 0.3 is 7.37 Å². The Hall–Kier alpha value is -4.79. The molecule has 1 atom stereocenters. The summed E-state index contributed by atoms with van der Waals surface area (Å²) in [4.78, 5) is 0. The normalized spacial score (nSPS) is 16.3. The monoisotopic (exact) mass is 554 g/mol. The van der Waals surface area contributed by atoms with Crippen LogP contribution in [0.1, 0.15) is 16.7 Å². The van der Waals surface area contributed by atoms with E-state index in [0.29, 0.717) is 11.1 Å². The number of rotatable bonds is 5. The summed E-state index contributed by atoms with van der Waals surface area (Å²) in [6.45, 7) is 0. The van der Waals surface area contributed by atoms with Crippen molar-refractivity contribution in [2.24, 2.45) is 0 Å². The second-order valence-electron chi connectivity index (χ2n) is 9.99. The Balaban J connectivity index is 1.61. The van der Waals surface area contributed by atoms with Crippen LogP contribution >= 0.6 is 7.37 Å². The number of hydrogen-bond donors (Lipinski definition) is 0. The van der Waals surface area contributed by atoms with Crippen molar-refractivity contribution < 1.29 is 18.6 Å². The predicted octanol–water partition coefficient (Wildman–Crippen LogP) is 8.19. The molecule has 1 aliphatic rings. The van der Waals surface area contributed by atoms with Gasteiger partial charge in [-0.3, -0.25) is 4.57 Å². The van der Waals surface area contributed by atoms with E-state index in [4.69, 9.17) is 14.0 Å². The van der Waals surface area contributed by atoms with Crippen LogP contribution in [0.25, 0.3) is 32.9 Å². The summed E-state index contributed by atoms with van der Waals surface area (Å²) >= 11 is 0. The molecule has 0 spiro atoms. The Kier molecular flexibility index (Phi) is 6.14. The second kappa shape index (κ2) is 9.99. The molecule has 200 valence electrons. The van der Waals surface area contributed by atoms with Crippen molar-refractivity contribution in [2.45, 2.75) is 0 Å². The molecule has 4 nitrogen and oxygen atoms in total. The molecule has 0 N–H and O–H groups in total. The van der Waals surface area contributed by atoms with Crippen molar-refractivity contribution in [3.8, 4) is 11.5 Å². The lowest BCUT2D eigenvalue weighted by Crippen LogP contribution is -2.26. The zero-order chi connectivity index (χ0) is 28.0. The average molecular weight is 555 g/mol. The van der Waals surface area contributed by atoms with Gasteiger partial charge in [0, 0.05) is 16.7 Å². The van der Waals surface area contributed by atoms with E-state index in [2.05, 4.69) is 18.2 Å². The number of methoxy groups -OCH3 is 2. The highest BCUT2D eigenvalue weighted by atomic mass is 31.2. The highest BCUT2D eigenvalue weighted by Gasteiger charge is 2.42. The zero-order valence-electron chi connectivity index (χ0n) is 22.7. The highest BCUT2D eigenvalue weighted by Crippen LogP contribution is 2.58. The summed E-state index contributed by atoms with van der Waals surface area (Å²) < 4.78 is 33.6. The van der Waals surface area contributed by atoms with Crippen molar-refractivity contribution >= 4 is 50.9 Å². The van der Waals surface area contributed by atoms with Gasteiger partial charge in [0.15, 0.2) is 0 Å². The molecule has 0 fully saturated rings. The first-order chi connectivity index (χ1) is 20.1. The van der Waals surface area contributed by atoms with E-state index in [-0.39, 0.29) is 0 Å². The third kappa shape index (κ3) is 4.11. The van der Waals surface area contributed by atoms with Gasteiger partial charge in [-0.2, -0.15) is 0 Å². The van der Waals surface area contributed by atoms with E-state index >= 15 is 4.57 Å². The van der Waals surface area contributed by atoms with E-state index in [1.54, 1.807) is 14.2 Å². The lowest BCUT2D eigenvalue weighted by Gasteiger charge is -2.33. The van der Waals surface area contributed by atoms with Gasteiger partial charge in [-0.15, -0.1) is 0 Å². The predicted molar refractivity (Wildman–Crippen MR) is 168 cm³/mol. The van der Waals surface area contributed by atoms with E-state index in [0.717, 1.165) is 60.6 Å². The molecular formula is C36H27O4P. The van der Waals surface area contributed by atoms with Crippen LogP contribution in [-0.2, 0) is 9.09 Å². The standard InChI is InChI=1S/C36H27O4P/c1-38-28-19-14-26(15-20-28)34-32-23-18-25-9-4-6-12-31(25)36(32)41(37,33-13-7-10-24-8-3-5-11-30(24)33)40-35(34)27-16-21-29(39-2)22-17-27/h3-23H,1-2H3. The lowest BCUT2D eigenvalue weighted by molar-refractivity contribution is 0.414. The van der Waals surface area contributed by atoms with Crippen LogP contribution in [0.4, 0.5) is 0 Å². The summed E-state index contributed by atoms with van der Waals surface area (Å²) in [5, 5.41) is 5.27. The molecule has 1 heterocycles. The largest absolute Gasteiger partial charge is 0.497 e. The molecule has 1 unspecified atom stereocenters. The maximum atomic E-state index is 15.8. The Morgan fingerprint density at radius 3 is 1.78 bits per heavy atom. The lowest BCUT2D eigenvalue weighted by atomic mass is 9.92. The first-order valence-corrected chi connectivity index (χ1v) is 15.1. The van der Waals surface area contributed by atoms with Crippen molar-refractivity contribution in [1.82, 2.24) is 0 Å². The zero-order valence-corrected chi connectivity index (χ0v) is 23.6. The third-order valence-electron chi connectivity index (χ3n) is 7.73. The number of fused-ring (bicyclic) bond motifs is 4. The Morgan fingerprint density at radius 1 is 0.561 bits per heavy atom. The van der Waals surface area contributed by atoms with Gasteiger partial charge in [-0.1, -0.05) is 84.9 Å². The van der Waals surface area contributed by atoms with Gasteiger partial charge in [0.2, 0.25) is 0 Å². The fourth-order valence-electron chi connectivity index (χ4n) is 5.73. The van der Waals surface area contributed by atoms with Gasteiger partial charge < -0.3 is 14.0 Å². The molecule has 6 aromatic carbocycles. The molecule has 6 aromatic rings. The summed E-state index contributed by atoms with van der Waals surface area (Å²) in [6, 6.07) is 41.9.